The van der Waals surface area contributed by atoms with Gasteiger partial charge >= 0.3 is 0 Å². The minimum absolute atomic E-state index is 0.317. The molecule has 1 saturated heterocycles. The van der Waals surface area contributed by atoms with Crippen LogP contribution in [0.15, 0.2) is 10.5 Å². The van der Waals surface area contributed by atoms with Gasteiger partial charge in [-0.3, -0.25) is 9.69 Å². The van der Waals surface area contributed by atoms with Crippen LogP contribution in [-0.4, -0.2) is 37.0 Å². The fraction of sp³-hybridized carbons (Fsp3) is 0.545. The van der Waals surface area contributed by atoms with E-state index in [-0.39, 0.29) is 11.9 Å². The summed E-state index contributed by atoms with van der Waals surface area (Å²) in [5.41, 5.74) is 5.56. The van der Waals surface area contributed by atoms with Crippen LogP contribution < -0.4 is 11.1 Å². The van der Waals surface area contributed by atoms with E-state index in [9.17, 15) is 4.79 Å². The zero-order chi connectivity index (χ0) is 13.1. The molecule has 0 radical (unpaired) electrons. The molecule has 0 aliphatic carbocycles. The molecular weight excluding hydrogens is 338 g/mol. The van der Waals surface area contributed by atoms with Crippen molar-refractivity contribution in [2.45, 2.75) is 12.5 Å². The normalized spacial score (nSPS) is 19.4. The Morgan fingerprint density at radius 3 is 2.94 bits per heavy atom. The van der Waals surface area contributed by atoms with Gasteiger partial charge in [-0.25, -0.2) is 0 Å². The van der Waals surface area contributed by atoms with Gasteiger partial charge in [-0.15, -0.1) is 11.3 Å². The topological polar surface area (TPSA) is 58.4 Å². The smallest absolute Gasteiger partial charge is 0.240 e. The summed E-state index contributed by atoms with van der Waals surface area (Å²) in [6.45, 7) is 3.55. The molecular formula is C11H15BrClN3OS. The van der Waals surface area contributed by atoms with Crippen LogP contribution in [0.1, 0.15) is 17.3 Å². The van der Waals surface area contributed by atoms with Gasteiger partial charge in [0.2, 0.25) is 5.91 Å². The summed E-state index contributed by atoms with van der Waals surface area (Å²) in [5.74, 6) is -0.317. The van der Waals surface area contributed by atoms with E-state index >= 15 is 0 Å². The molecule has 7 heteroatoms. The summed E-state index contributed by atoms with van der Waals surface area (Å²) in [6.07, 6.45) is 1.02. The maximum atomic E-state index is 11.7. The molecule has 2 rings (SSSR count). The number of carbonyl (C=O) groups is 1. The van der Waals surface area contributed by atoms with Crippen molar-refractivity contribution in [1.29, 1.82) is 0 Å². The number of rotatable bonds is 3. The lowest BCUT2D eigenvalue weighted by Gasteiger charge is -2.26. The zero-order valence-electron chi connectivity index (χ0n) is 9.79. The fourth-order valence-corrected chi connectivity index (χ4v) is 4.00. The van der Waals surface area contributed by atoms with E-state index in [1.165, 1.54) is 11.3 Å². The van der Waals surface area contributed by atoms with Crippen molar-refractivity contribution < 1.29 is 4.79 Å². The largest absolute Gasteiger partial charge is 0.368 e. The summed E-state index contributed by atoms with van der Waals surface area (Å²) in [4.78, 5) is 14.8. The van der Waals surface area contributed by atoms with Crippen LogP contribution in [0.5, 0.6) is 0 Å². The van der Waals surface area contributed by atoms with Crippen LogP contribution in [-0.2, 0) is 4.79 Å². The molecule has 1 unspecified atom stereocenters. The second-order valence-corrected chi connectivity index (χ2v) is 6.76. The van der Waals surface area contributed by atoms with E-state index in [2.05, 4.69) is 26.1 Å². The third-order valence-corrected chi connectivity index (χ3v) is 5.47. The van der Waals surface area contributed by atoms with Gasteiger partial charge in [0.1, 0.15) is 10.4 Å². The highest BCUT2D eigenvalue weighted by molar-refractivity contribution is 9.10. The van der Waals surface area contributed by atoms with Crippen LogP contribution >= 0.6 is 38.9 Å². The standard InChI is InChI=1S/C11H15BrClN3OS/c12-7-6-8(18-10(7)13)9(11(14)17)16-4-1-2-15-3-5-16/h6,9,15H,1-5H2,(H2,14,17). The van der Waals surface area contributed by atoms with E-state index in [0.29, 0.717) is 4.34 Å². The van der Waals surface area contributed by atoms with Crippen molar-refractivity contribution in [3.05, 3.63) is 19.8 Å². The molecule has 4 nitrogen and oxygen atoms in total. The summed E-state index contributed by atoms with van der Waals surface area (Å²) in [7, 11) is 0. The summed E-state index contributed by atoms with van der Waals surface area (Å²) < 4.78 is 1.48. The number of halogens is 2. The molecule has 0 spiro atoms. The second-order valence-electron chi connectivity index (χ2n) is 4.21. The van der Waals surface area contributed by atoms with Crippen LogP contribution in [0.3, 0.4) is 0 Å². The lowest BCUT2D eigenvalue weighted by molar-refractivity contribution is -0.123. The molecule has 2 heterocycles. The predicted octanol–water partition coefficient (Wildman–Crippen LogP) is 1.99. The Morgan fingerprint density at radius 2 is 2.33 bits per heavy atom. The van der Waals surface area contributed by atoms with E-state index in [4.69, 9.17) is 17.3 Å². The molecule has 1 atom stereocenters. The highest BCUT2D eigenvalue weighted by Gasteiger charge is 2.28. The molecule has 0 bridgehead atoms. The highest BCUT2D eigenvalue weighted by atomic mass is 79.9. The first-order valence-corrected chi connectivity index (χ1v) is 7.77. The third kappa shape index (κ3) is 3.24. The maximum Gasteiger partial charge on any atom is 0.240 e. The molecule has 0 aromatic carbocycles. The van der Waals surface area contributed by atoms with E-state index in [0.717, 1.165) is 41.9 Å². The van der Waals surface area contributed by atoms with Crippen molar-refractivity contribution in [2.24, 2.45) is 5.73 Å². The highest BCUT2D eigenvalue weighted by Crippen LogP contribution is 2.37. The molecule has 1 fully saturated rings. The van der Waals surface area contributed by atoms with Gasteiger partial charge in [0.15, 0.2) is 0 Å². The minimum atomic E-state index is -0.376. The molecule has 1 aromatic heterocycles. The maximum absolute atomic E-state index is 11.7. The molecule has 100 valence electrons. The number of nitrogens with two attached hydrogens (primary N) is 1. The summed E-state index contributed by atoms with van der Waals surface area (Å²) in [5, 5.41) is 3.31. The Labute approximate surface area is 124 Å². The van der Waals surface area contributed by atoms with Crippen molar-refractivity contribution in [1.82, 2.24) is 10.2 Å². The van der Waals surface area contributed by atoms with Crippen molar-refractivity contribution >= 4 is 44.8 Å². The number of carbonyl (C=O) groups excluding carboxylic acids is 1. The van der Waals surface area contributed by atoms with Crippen molar-refractivity contribution in [2.75, 3.05) is 26.2 Å². The first kappa shape index (κ1) is 14.3. The number of primary amides is 1. The number of nitrogens with one attached hydrogen (secondary N) is 1. The van der Waals surface area contributed by atoms with Gasteiger partial charge in [-0.1, -0.05) is 11.6 Å². The van der Waals surface area contributed by atoms with E-state index < -0.39 is 0 Å². The second kappa shape index (κ2) is 6.34. The van der Waals surface area contributed by atoms with Crippen molar-refractivity contribution in [3.63, 3.8) is 0 Å². The Hall–Kier alpha value is -0.140. The van der Waals surface area contributed by atoms with Gasteiger partial charge in [0, 0.05) is 29.0 Å². The summed E-state index contributed by atoms with van der Waals surface area (Å²) in [6, 6.07) is 1.51. The zero-order valence-corrected chi connectivity index (χ0v) is 12.9. The van der Waals surface area contributed by atoms with Gasteiger partial charge < -0.3 is 11.1 Å². The molecule has 1 aliphatic rings. The average Bonchev–Trinajstić information content (AvgIpc) is 2.55. The SMILES string of the molecule is NC(=O)C(c1cc(Br)c(Cl)s1)N1CCCNCC1. The Bertz CT molecular complexity index is 412. The first-order valence-electron chi connectivity index (χ1n) is 5.78. The van der Waals surface area contributed by atoms with Crippen LogP contribution in [0.2, 0.25) is 4.34 Å². The van der Waals surface area contributed by atoms with E-state index in [1.54, 1.807) is 0 Å². The number of amides is 1. The fourth-order valence-electron chi connectivity index (χ4n) is 2.12. The monoisotopic (exact) mass is 351 g/mol. The lowest BCUT2D eigenvalue weighted by atomic mass is 10.2. The Kier molecular flexibility index (Phi) is 5.03. The van der Waals surface area contributed by atoms with Crippen LogP contribution in [0.25, 0.3) is 0 Å². The van der Waals surface area contributed by atoms with Gasteiger partial charge in [0.05, 0.1) is 0 Å². The van der Waals surface area contributed by atoms with E-state index in [1.807, 2.05) is 6.07 Å². The summed E-state index contributed by atoms with van der Waals surface area (Å²) >= 11 is 10.8. The molecule has 1 aliphatic heterocycles. The predicted molar refractivity (Wildman–Crippen MR) is 78.0 cm³/mol. The molecule has 1 amide bonds. The van der Waals surface area contributed by atoms with Gasteiger partial charge in [0.25, 0.3) is 0 Å². The van der Waals surface area contributed by atoms with Crippen LogP contribution in [0.4, 0.5) is 0 Å². The number of hydrogen-bond donors (Lipinski definition) is 2. The van der Waals surface area contributed by atoms with Crippen molar-refractivity contribution in [3.8, 4) is 0 Å². The Morgan fingerprint density at radius 1 is 1.56 bits per heavy atom. The van der Waals surface area contributed by atoms with Gasteiger partial charge in [-0.05, 0) is 35.0 Å². The number of thiophene rings is 1. The average molecular weight is 353 g/mol. The van der Waals surface area contributed by atoms with Crippen LogP contribution in [0, 0.1) is 0 Å². The molecule has 0 saturated carbocycles. The Balaban J connectivity index is 2.24. The quantitative estimate of drug-likeness (QED) is 0.874. The first-order chi connectivity index (χ1) is 8.59. The van der Waals surface area contributed by atoms with Gasteiger partial charge in [-0.2, -0.15) is 0 Å². The third-order valence-electron chi connectivity index (χ3n) is 2.94. The molecule has 18 heavy (non-hydrogen) atoms. The molecule has 3 N–H and O–H groups in total. The minimum Gasteiger partial charge on any atom is -0.368 e. The molecule has 1 aromatic rings. The lowest BCUT2D eigenvalue weighted by Crippen LogP contribution is -2.39. The number of hydrogen-bond acceptors (Lipinski definition) is 4. The number of nitrogens with zero attached hydrogens (tertiary/aromatic N) is 1.